The zero-order valence-corrected chi connectivity index (χ0v) is 17.8. The van der Waals surface area contributed by atoms with E-state index in [2.05, 4.69) is 5.32 Å². The molecule has 0 spiro atoms. The SMILES string of the molecule is COc1ccc2oc(C(=O)NC(C)c3ccc(S(=O)(=O)N(C)C)cc3)c(C)c2c1. The first kappa shape index (κ1) is 20.9. The Hall–Kier alpha value is -2.84. The Bertz CT molecular complexity index is 1150. The molecule has 154 valence electrons. The standard InChI is InChI=1S/C21H24N2O5S/c1-13-18-12-16(27-5)8-11-19(18)28-20(13)21(24)22-14(2)15-6-9-17(10-7-15)29(25,26)23(3)4/h6-12,14H,1-5H3,(H,22,24). The number of carbonyl (C=O) groups excluding carboxylic acids is 1. The quantitative estimate of drug-likeness (QED) is 0.664. The van der Waals surface area contributed by atoms with Crippen LogP contribution in [0.15, 0.2) is 51.8 Å². The number of nitrogens with zero attached hydrogens (tertiary/aromatic N) is 1. The largest absolute Gasteiger partial charge is 0.497 e. The molecule has 0 saturated carbocycles. The van der Waals surface area contributed by atoms with Crippen molar-refractivity contribution in [3.05, 3.63) is 59.4 Å². The molecular weight excluding hydrogens is 392 g/mol. The smallest absolute Gasteiger partial charge is 0.287 e. The molecule has 1 heterocycles. The van der Waals surface area contributed by atoms with E-state index in [0.717, 1.165) is 20.8 Å². The topological polar surface area (TPSA) is 88.8 Å². The Labute approximate surface area is 170 Å². The molecule has 7 nitrogen and oxygen atoms in total. The van der Waals surface area contributed by atoms with Crippen LogP contribution in [-0.4, -0.2) is 39.8 Å². The van der Waals surface area contributed by atoms with Crippen molar-refractivity contribution in [2.45, 2.75) is 24.8 Å². The summed E-state index contributed by atoms with van der Waals surface area (Å²) in [6.07, 6.45) is 0. The monoisotopic (exact) mass is 416 g/mol. The third-order valence-corrected chi connectivity index (χ3v) is 6.69. The van der Waals surface area contributed by atoms with E-state index in [1.165, 1.54) is 26.2 Å². The fourth-order valence-electron chi connectivity index (χ4n) is 3.03. The summed E-state index contributed by atoms with van der Waals surface area (Å²) in [5.41, 5.74) is 2.13. The average Bonchev–Trinajstić information content (AvgIpc) is 3.04. The van der Waals surface area contributed by atoms with Gasteiger partial charge >= 0.3 is 0 Å². The van der Waals surface area contributed by atoms with E-state index in [9.17, 15) is 13.2 Å². The second kappa shape index (κ2) is 7.88. The molecular formula is C21H24N2O5S. The van der Waals surface area contributed by atoms with E-state index in [0.29, 0.717) is 11.3 Å². The summed E-state index contributed by atoms with van der Waals surface area (Å²) in [5, 5.41) is 3.72. The lowest BCUT2D eigenvalue weighted by Gasteiger charge is -2.15. The molecule has 0 saturated heterocycles. The lowest BCUT2D eigenvalue weighted by atomic mass is 10.1. The van der Waals surface area contributed by atoms with Crippen molar-refractivity contribution in [1.29, 1.82) is 0 Å². The van der Waals surface area contributed by atoms with E-state index < -0.39 is 10.0 Å². The maximum Gasteiger partial charge on any atom is 0.287 e. The Kier molecular flexibility index (Phi) is 5.68. The van der Waals surface area contributed by atoms with Crippen molar-refractivity contribution >= 4 is 26.9 Å². The molecule has 3 aromatic rings. The highest BCUT2D eigenvalue weighted by atomic mass is 32.2. The predicted octanol–water partition coefficient (Wildman–Crippen LogP) is 3.49. The predicted molar refractivity (Wildman–Crippen MR) is 111 cm³/mol. The van der Waals surface area contributed by atoms with Gasteiger partial charge in [0.1, 0.15) is 11.3 Å². The third-order valence-electron chi connectivity index (χ3n) is 4.86. The van der Waals surface area contributed by atoms with Crippen molar-refractivity contribution in [2.24, 2.45) is 0 Å². The van der Waals surface area contributed by atoms with Crippen LogP contribution >= 0.6 is 0 Å². The van der Waals surface area contributed by atoms with Crippen LogP contribution in [0.1, 0.15) is 34.6 Å². The summed E-state index contributed by atoms with van der Waals surface area (Å²) in [4.78, 5) is 13.0. The number of sulfonamides is 1. The highest BCUT2D eigenvalue weighted by molar-refractivity contribution is 7.89. The number of hydrogen-bond acceptors (Lipinski definition) is 5. The summed E-state index contributed by atoms with van der Waals surface area (Å²) in [5.74, 6) is 0.594. The van der Waals surface area contributed by atoms with Crippen LogP contribution in [-0.2, 0) is 10.0 Å². The maximum absolute atomic E-state index is 12.8. The van der Waals surface area contributed by atoms with Gasteiger partial charge in [-0.25, -0.2) is 12.7 Å². The van der Waals surface area contributed by atoms with Crippen LogP contribution in [0.3, 0.4) is 0 Å². The molecule has 29 heavy (non-hydrogen) atoms. The molecule has 3 rings (SSSR count). The number of methoxy groups -OCH3 is 1. The van der Waals surface area contributed by atoms with Gasteiger partial charge < -0.3 is 14.5 Å². The Balaban J connectivity index is 1.80. The molecule has 0 aliphatic carbocycles. The van der Waals surface area contributed by atoms with Gasteiger partial charge in [-0.15, -0.1) is 0 Å². The van der Waals surface area contributed by atoms with Gasteiger partial charge in [0.2, 0.25) is 10.0 Å². The van der Waals surface area contributed by atoms with Crippen LogP contribution < -0.4 is 10.1 Å². The van der Waals surface area contributed by atoms with Crippen LogP contribution in [0.4, 0.5) is 0 Å². The van der Waals surface area contributed by atoms with E-state index in [1.807, 2.05) is 19.9 Å². The first-order valence-electron chi connectivity index (χ1n) is 9.05. The summed E-state index contributed by atoms with van der Waals surface area (Å²) < 4.78 is 36.5. The number of hydrogen-bond donors (Lipinski definition) is 1. The second-order valence-electron chi connectivity index (χ2n) is 6.97. The lowest BCUT2D eigenvalue weighted by Crippen LogP contribution is -2.27. The number of nitrogens with one attached hydrogen (secondary N) is 1. The number of carbonyl (C=O) groups is 1. The van der Waals surface area contributed by atoms with Crippen molar-refractivity contribution in [1.82, 2.24) is 9.62 Å². The molecule has 1 atom stereocenters. The molecule has 2 aromatic carbocycles. The maximum atomic E-state index is 12.8. The molecule has 1 amide bonds. The van der Waals surface area contributed by atoms with E-state index in [4.69, 9.17) is 9.15 Å². The number of ether oxygens (including phenoxy) is 1. The minimum absolute atomic E-state index is 0.201. The molecule has 1 N–H and O–H groups in total. The van der Waals surface area contributed by atoms with Crippen LogP contribution in [0.5, 0.6) is 5.75 Å². The van der Waals surface area contributed by atoms with Gasteiger partial charge in [-0.3, -0.25) is 4.79 Å². The Morgan fingerprint density at radius 1 is 1.14 bits per heavy atom. The highest BCUT2D eigenvalue weighted by Crippen LogP contribution is 2.29. The van der Waals surface area contributed by atoms with Crippen molar-refractivity contribution in [3.63, 3.8) is 0 Å². The van der Waals surface area contributed by atoms with E-state index >= 15 is 0 Å². The first-order chi connectivity index (χ1) is 13.6. The van der Waals surface area contributed by atoms with Gasteiger partial charge in [0.25, 0.3) is 5.91 Å². The first-order valence-corrected chi connectivity index (χ1v) is 10.5. The molecule has 8 heteroatoms. The summed E-state index contributed by atoms with van der Waals surface area (Å²) >= 11 is 0. The lowest BCUT2D eigenvalue weighted by molar-refractivity contribution is 0.0913. The van der Waals surface area contributed by atoms with Gasteiger partial charge in [-0.2, -0.15) is 0 Å². The van der Waals surface area contributed by atoms with Crippen molar-refractivity contribution in [2.75, 3.05) is 21.2 Å². The molecule has 1 aromatic heterocycles. The Morgan fingerprint density at radius 2 is 1.79 bits per heavy atom. The fraction of sp³-hybridized carbons (Fsp3) is 0.286. The van der Waals surface area contributed by atoms with Crippen LogP contribution in [0.25, 0.3) is 11.0 Å². The number of furan rings is 1. The fourth-order valence-corrected chi connectivity index (χ4v) is 3.93. The van der Waals surface area contributed by atoms with Crippen molar-refractivity contribution in [3.8, 4) is 5.75 Å². The van der Waals surface area contributed by atoms with Gasteiger partial charge in [0.15, 0.2) is 5.76 Å². The number of amides is 1. The Morgan fingerprint density at radius 3 is 2.38 bits per heavy atom. The van der Waals surface area contributed by atoms with Crippen LogP contribution in [0.2, 0.25) is 0 Å². The number of aryl methyl sites for hydroxylation is 1. The zero-order chi connectivity index (χ0) is 21.3. The normalized spacial score (nSPS) is 12.9. The van der Waals surface area contributed by atoms with Gasteiger partial charge in [0, 0.05) is 25.0 Å². The summed E-state index contributed by atoms with van der Waals surface area (Å²) in [6, 6.07) is 11.5. The minimum Gasteiger partial charge on any atom is -0.497 e. The minimum atomic E-state index is -3.49. The van der Waals surface area contributed by atoms with Gasteiger partial charge in [-0.1, -0.05) is 12.1 Å². The molecule has 0 aliphatic rings. The number of rotatable bonds is 6. The summed E-state index contributed by atoms with van der Waals surface area (Å²) in [7, 11) is 1.06. The average molecular weight is 416 g/mol. The second-order valence-corrected chi connectivity index (χ2v) is 9.12. The number of fused-ring (bicyclic) bond motifs is 1. The molecule has 0 radical (unpaired) electrons. The number of benzene rings is 2. The van der Waals surface area contributed by atoms with Gasteiger partial charge in [0.05, 0.1) is 18.0 Å². The molecule has 0 aliphatic heterocycles. The van der Waals surface area contributed by atoms with Crippen LogP contribution in [0, 0.1) is 6.92 Å². The molecule has 0 fully saturated rings. The zero-order valence-electron chi connectivity index (χ0n) is 17.0. The van der Waals surface area contributed by atoms with E-state index in [-0.39, 0.29) is 22.6 Å². The molecule has 0 bridgehead atoms. The molecule has 1 unspecified atom stereocenters. The third kappa shape index (κ3) is 3.99. The van der Waals surface area contributed by atoms with Crippen molar-refractivity contribution < 1.29 is 22.4 Å². The van der Waals surface area contributed by atoms with Gasteiger partial charge in [-0.05, 0) is 49.7 Å². The van der Waals surface area contributed by atoms with E-state index in [1.54, 1.807) is 31.4 Å². The summed E-state index contributed by atoms with van der Waals surface area (Å²) in [6.45, 7) is 3.65. The highest BCUT2D eigenvalue weighted by Gasteiger charge is 2.21.